The van der Waals surface area contributed by atoms with Crippen LogP contribution in [0.2, 0.25) is 0 Å². The van der Waals surface area contributed by atoms with Crippen molar-refractivity contribution in [3.63, 3.8) is 0 Å². The molecule has 1 fully saturated rings. The van der Waals surface area contributed by atoms with E-state index in [2.05, 4.69) is 63.8 Å². The molecule has 1 atom stereocenters. The standard InChI is InChI=1S/C25H30N4/c1-2-8-21-16-25(15-20(21)7-1)28-13-5-11-24(19-28)26-17-22-9-3-4-10-23(22)18-29-14-6-12-27-29/h1-4,6-10,12,14,24-26H,5,11,13,15-19H2. The molecule has 1 aliphatic carbocycles. The number of rotatable bonds is 6. The fourth-order valence-electron chi connectivity index (χ4n) is 5.01. The van der Waals surface area contributed by atoms with Gasteiger partial charge in [-0.05, 0) is 60.5 Å². The lowest BCUT2D eigenvalue weighted by atomic mass is 10.0. The zero-order valence-electron chi connectivity index (χ0n) is 17.0. The highest BCUT2D eigenvalue weighted by Crippen LogP contribution is 2.27. The highest BCUT2D eigenvalue weighted by atomic mass is 15.3. The first-order valence-corrected chi connectivity index (χ1v) is 10.9. The summed E-state index contributed by atoms with van der Waals surface area (Å²) in [6.45, 7) is 4.18. The summed E-state index contributed by atoms with van der Waals surface area (Å²) in [5.41, 5.74) is 5.84. The minimum absolute atomic E-state index is 0.574. The van der Waals surface area contributed by atoms with Crippen molar-refractivity contribution >= 4 is 0 Å². The summed E-state index contributed by atoms with van der Waals surface area (Å²) in [6.07, 6.45) is 8.88. The second-order valence-electron chi connectivity index (χ2n) is 8.52. The average molecular weight is 387 g/mol. The number of benzene rings is 2. The van der Waals surface area contributed by atoms with Crippen LogP contribution in [-0.4, -0.2) is 39.9 Å². The van der Waals surface area contributed by atoms with Crippen LogP contribution in [-0.2, 0) is 25.9 Å². The van der Waals surface area contributed by atoms with E-state index in [1.807, 2.05) is 23.1 Å². The summed E-state index contributed by atoms with van der Waals surface area (Å²) < 4.78 is 2.00. The van der Waals surface area contributed by atoms with E-state index in [0.29, 0.717) is 12.1 Å². The zero-order valence-corrected chi connectivity index (χ0v) is 17.0. The molecule has 1 aliphatic heterocycles. The number of piperidine rings is 1. The molecule has 0 amide bonds. The first kappa shape index (κ1) is 18.6. The van der Waals surface area contributed by atoms with E-state index in [0.717, 1.165) is 13.1 Å². The maximum atomic E-state index is 4.36. The fourth-order valence-corrected chi connectivity index (χ4v) is 5.01. The number of nitrogens with zero attached hydrogens (tertiary/aromatic N) is 3. The second kappa shape index (κ2) is 8.52. The Balaban J connectivity index is 1.19. The smallest absolute Gasteiger partial charge is 0.0662 e. The van der Waals surface area contributed by atoms with Crippen molar-refractivity contribution in [2.24, 2.45) is 0 Å². The molecule has 4 heteroatoms. The molecule has 1 N–H and O–H groups in total. The second-order valence-corrected chi connectivity index (χ2v) is 8.52. The van der Waals surface area contributed by atoms with Crippen molar-refractivity contribution in [2.45, 2.75) is 50.9 Å². The van der Waals surface area contributed by atoms with Gasteiger partial charge in [-0.2, -0.15) is 5.10 Å². The van der Waals surface area contributed by atoms with Crippen LogP contribution in [0.3, 0.4) is 0 Å². The van der Waals surface area contributed by atoms with Gasteiger partial charge < -0.3 is 5.32 Å². The molecule has 5 rings (SSSR count). The molecule has 1 saturated heterocycles. The largest absolute Gasteiger partial charge is 0.309 e. The van der Waals surface area contributed by atoms with Crippen LogP contribution in [0, 0.1) is 0 Å². The average Bonchev–Trinajstić information content (AvgIpc) is 3.43. The van der Waals surface area contributed by atoms with Gasteiger partial charge in [0.2, 0.25) is 0 Å². The summed E-state index contributed by atoms with van der Waals surface area (Å²) >= 11 is 0. The molecule has 150 valence electrons. The van der Waals surface area contributed by atoms with Gasteiger partial charge in [0, 0.05) is 37.6 Å². The molecule has 2 aromatic carbocycles. The number of likely N-dealkylation sites (tertiary alicyclic amines) is 1. The van der Waals surface area contributed by atoms with E-state index >= 15 is 0 Å². The summed E-state index contributed by atoms with van der Waals surface area (Å²) in [5.74, 6) is 0. The Labute approximate surface area is 173 Å². The monoisotopic (exact) mass is 386 g/mol. The molecule has 4 nitrogen and oxygen atoms in total. The molecular weight excluding hydrogens is 356 g/mol. The molecule has 1 unspecified atom stereocenters. The molecule has 0 saturated carbocycles. The van der Waals surface area contributed by atoms with Crippen LogP contribution in [0.1, 0.15) is 35.1 Å². The summed E-state index contributed by atoms with van der Waals surface area (Å²) in [5, 5.41) is 8.22. The SMILES string of the molecule is c1ccc(Cn2cccn2)c(CNC2CCCN(C3Cc4ccccc4C3)C2)c1. The number of hydrogen-bond donors (Lipinski definition) is 1. The fraction of sp³-hybridized carbons (Fsp3) is 0.400. The predicted molar refractivity (Wildman–Crippen MR) is 117 cm³/mol. The molecule has 0 bridgehead atoms. The van der Waals surface area contributed by atoms with Crippen molar-refractivity contribution in [1.82, 2.24) is 20.0 Å². The van der Waals surface area contributed by atoms with E-state index in [9.17, 15) is 0 Å². The number of hydrogen-bond acceptors (Lipinski definition) is 3. The maximum absolute atomic E-state index is 4.36. The Hall–Kier alpha value is -2.43. The number of nitrogens with one attached hydrogen (secondary N) is 1. The lowest BCUT2D eigenvalue weighted by Gasteiger charge is -2.37. The zero-order chi connectivity index (χ0) is 19.5. The van der Waals surface area contributed by atoms with Gasteiger partial charge in [0.15, 0.2) is 0 Å². The maximum Gasteiger partial charge on any atom is 0.0662 e. The summed E-state index contributed by atoms with van der Waals surface area (Å²) in [4.78, 5) is 2.73. The highest BCUT2D eigenvalue weighted by Gasteiger charge is 2.30. The predicted octanol–water partition coefficient (Wildman–Crippen LogP) is 3.65. The van der Waals surface area contributed by atoms with E-state index in [1.54, 1.807) is 11.1 Å². The van der Waals surface area contributed by atoms with Crippen molar-refractivity contribution in [2.75, 3.05) is 13.1 Å². The van der Waals surface area contributed by atoms with Crippen LogP contribution < -0.4 is 5.32 Å². The first-order chi connectivity index (χ1) is 14.3. The Bertz CT molecular complexity index is 909. The van der Waals surface area contributed by atoms with Crippen molar-refractivity contribution in [3.8, 4) is 0 Å². The molecule has 0 radical (unpaired) electrons. The molecule has 2 heterocycles. The van der Waals surface area contributed by atoms with Gasteiger partial charge in [0.1, 0.15) is 0 Å². The third-order valence-corrected chi connectivity index (χ3v) is 6.59. The molecule has 1 aromatic heterocycles. The van der Waals surface area contributed by atoms with Crippen LogP contribution in [0.5, 0.6) is 0 Å². The quantitative estimate of drug-likeness (QED) is 0.702. The minimum atomic E-state index is 0.574. The van der Waals surface area contributed by atoms with Crippen LogP contribution in [0.4, 0.5) is 0 Å². The van der Waals surface area contributed by atoms with Gasteiger partial charge in [0.05, 0.1) is 6.54 Å². The number of aromatic nitrogens is 2. The third-order valence-electron chi connectivity index (χ3n) is 6.59. The lowest BCUT2D eigenvalue weighted by molar-refractivity contribution is 0.140. The van der Waals surface area contributed by atoms with Gasteiger partial charge in [-0.25, -0.2) is 0 Å². The summed E-state index contributed by atoms with van der Waals surface area (Å²) in [7, 11) is 0. The van der Waals surface area contributed by atoms with Crippen LogP contribution >= 0.6 is 0 Å². The van der Waals surface area contributed by atoms with Gasteiger partial charge in [-0.3, -0.25) is 9.58 Å². The Morgan fingerprint density at radius 3 is 2.45 bits per heavy atom. The van der Waals surface area contributed by atoms with Crippen LogP contribution in [0.15, 0.2) is 67.0 Å². The van der Waals surface area contributed by atoms with Crippen molar-refractivity contribution in [3.05, 3.63) is 89.2 Å². The van der Waals surface area contributed by atoms with E-state index < -0.39 is 0 Å². The Kier molecular flexibility index (Phi) is 5.46. The number of fused-ring (bicyclic) bond motifs is 1. The highest BCUT2D eigenvalue weighted by molar-refractivity contribution is 5.33. The molecular formula is C25H30N4. The van der Waals surface area contributed by atoms with Gasteiger partial charge in [-0.1, -0.05) is 48.5 Å². The van der Waals surface area contributed by atoms with E-state index in [4.69, 9.17) is 0 Å². The normalized spacial score (nSPS) is 20.1. The minimum Gasteiger partial charge on any atom is -0.309 e. The van der Waals surface area contributed by atoms with Crippen LogP contribution in [0.25, 0.3) is 0 Å². The van der Waals surface area contributed by atoms with Crippen molar-refractivity contribution in [1.29, 1.82) is 0 Å². The van der Waals surface area contributed by atoms with Gasteiger partial charge in [-0.15, -0.1) is 0 Å². The van der Waals surface area contributed by atoms with Crippen molar-refractivity contribution < 1.29 is 0 Å². The van der Waals surface area contributed by atoms with Gasteiger partial charge in [0.25, 0.3) is 0 Å². The Morgan fingerprint density at radius 2 is 1.69 bits per heavy atom. The molecule has 2 aliphatic rings. The Morgan fingerprint density at radius 1 is 0.931 bits per heavy atom. The first-order valence-electron chi connectivity index (χ1n) is 10.9. The topological polar surface area (TPSA) is 33.1 Å². The van der Waals surface area contributed by atoms with Gasteiger partial charge >= 0.3 is 0 Å². The third kappa shape index (κ3) is 4.29. The summed E-state index contributed by atoms with van der Waals surface area (Å²) in [6, 6.07) is 21.0. The molecule has 0 spiro atoms. The van der Waals surface area contributed by atoms with E-state index in [-0.39, 0.29) is 0 Å². The molecule has 3 aromatic rings. The van der Waals surface area contributed by atoms with E-state index in [1.165, 1.54) is 49.9 Å². The lowest BCUT2D eigenvalue weighted by Crippen LogP contribution is -2.49. The molecule has 29 heavy (non-hydrogen) atoms.